The van der Waals surface area contributed by atoms with E-state index >= 15 is 0 Å². The van der Waals surface area contributed by atoms with Crippen molar-refractivity contribution in [3.63, 3.8) is 0 Å². The lowest BCUT2D eigenvalue weighted by Crippen LogP contribution is -2.46. The largest absolute Gasteiger partial charge is 0.363 e. The lowest BCUT2D eigenvalue weighted by atomic mass is 10.1. The summed E-state index contributed by atoms with van der Waals surface area (Å²) in [5.41, 5.74) is 5.19. The fourth-order valence-corrected chi connectivity index (χ4v) is 3.39. The van der Waals surface area contributed by atoms with Crippen molar-refractivity contribution in [3.8, 4) is 0 Å². The first-order valence-electron chi connectivity index (χ1n) is 8.34. The summed E-state index contributed by atoms with van der Waals surface area (Å²) in [6, 6.07) is 0.138. The van der Waals surface area contributed by atoms with Crippen molar-refractivity contribution in [2.45, 2.75) is 38.1 Å². The van der Waals surface area contributed by atoms with Crippen molar-refractivity contribution in [2.75, 3.05) is 32.7 Å². The maximum atomic E-state index is 12.4. The summed E-state index contributed by atoms with van der Waals surface area (Å²) < 4.78 is 1.71. The Kier molecular flexibility index (Phi) is 4.90. The average Bonchev–Trinajstić information content (AvgIpc) is 3.06. The van der Waals surface area contributed by atoms with Gasteiger partial charge < -0.3 is 10.6 Å². The van der Waals surface area contributed by atoms with E-state index in [4.69, 9.17) is 5.73 Å². The van der Waals surface area contributed by atoms with Gasteiger partial charge in [-0.15, -0.1) is 5.10 Å². The van der Waals surface area contributed by atoms with E-state index in [1.807, 2.05) is 4.90 Å². The monoisotopic (exact) mass is 320 g/mol. The van der Waals surface area contributed by atoms with Crippen molar-refractivity contribution in [1.82, 2.24) is 24.6 Å². The van der Waals surface area contributed by atoms with Gasteiger partial charge in [-0.2, -0.15) is 0 Å². The summed E-state index contributed by atoms with van der Waals surface area (Å²) in [4.78, 5) is 31.6. The molecule has 0 spiro atoms. The summed E-state index contributed by atoms with van der Waals surface area (Å²) in [6.07, 6.45) is 6.98. The average molecular weight is 320 g/mol. The Morgan fingerprint density at radius 1 is 1.17 bits per heavy atom. The normalized spacial score (nSPS) is 23.0. The van der Waals surface area contributed by atoms with E-state index in [0.29, 0.717) is 6.54 Å². The van der Waals surface area contributed by atoms with Gasteiger partial charge in [0.05, 0.1) is 12.6 Å². The van der Waals surface area contributed by atoms with Gasteiger partial charge in [0, 0.05) is 19.6 Å². The highest BCUT2D eigenvalue weighted by Crippen LogP contribution is 2.21. The summed E-state index contributed by atoms with van der Waals surface area (Å²) in [7, 11) is 0. The van der Waals surface area contributed by atoms with Gasteiger partial charge in [-0.1, -0.05) is 0 Å². The predicted molar refractivity (Wildman–Crippen MR) is 83.7 cm³/mol. The maximum absolute atomic E-state index is 12.4. The molecule has 8 nitrogen and oxygen atoms in total. The molecule has 2 saturated heterocycles. The molecule has 2 aliphatic heterocycles. The minimum atomic E-state index is -0.614. The van der Waals surface area contributed by atoms with Gasteiger partial charge in [0.2, 0.25) is 11.7 Å². The number of amides is 2. The molecule has 1 unspecified atom stereocenters. The molecule has 0 bridgehead atoms. The number of hydrogen-bond donors (Lipinski definition) is 1. The first kappa shape index (κ1) is 15.9. The SMILES string of the molecule is NC(=O)c1ncn(C2CCCN(CC(=O)N3CCCCC3)C2)n1. The molecule has 2 N–H and O–H groups in total. The van der Waals surface area contributed by atoms with Crippen LogP contribution >= 0.6 is 0 Å². The fourth-order valence-electron chi connectivity index (χ4n) is 3.39. The third kappa shape index (κ3) is 3.87. The van der Waals surface area contributed by atoms with Gasteiger partial charge in [0.1, 0.15) is 6.33 Å². The topological polar surface area (TPSA) is 97.3 Å². The van der Waals surface area contributed by atoms with E-state index in [2.05, 4.69) is 15.0 Å². The zero-order valence-corrected chi connectivity index (χ0v) is 13.4. The van der Waals surface area contributed by atoms with Gasteiger partial charge >= 0.3 is 0 Å². The molecule has 0 radical (unpaired) electrons. The highest BCUT2D eigenvalue weighted by molar-refractivity contribution is 5.88. The summed E-state index contributed by atoms with van der Waals surface area (Å²) >= 11 is 0. The van der Waals surface area contributed by atoms with Gasteiger partial charge in [-0.05, 0) is 38.6 Å². The third-order valence-corrected chi connectivity index (χ3v) is 4.65. The van der Waals surface area contributed by atoms with Crippen LogP contribution in [-0.2, 0) is 4.79 Å². The van der Waals surface area contributed by atoms with Crippen LogP contribution in [0.4, 0.5) is 0 Å². The van der Waals surface area contributed by atoms with E-state index in [1.165, 1.54) is 6.42 Å². The van der Waals surface area contributed by atoms with Crippen LogP contribution in [0.25, 0.3) is 0 Å². The Labute approximate surface area is 135 Å². The molecule has 2 amide bonds. The Bertz CT molecular complexity index is 566. The molecule has 8 heteroatoms. The zero-order valence-electron chi connectivity index (χ0n) is 13.4. The number of likely N-dealkylation sites (tertiary alicyclic amines) is 2. The molecule has 1 aromatic heterocycles. The Morgan fingerprint density at radius 2 is 1.96 bits per heavy atom. The Balaban J connectivity index is 1.57. The highest BCUT2D eigenvalue weighted by atomic mass is 16.2. The van der Waals surface area contributed by atoms with Crippen molar-refractivity contribution < 1.29 is 9.59 Å². The van der Waals surface area contributed by atoms with Gasteiger partial charge in [0.25, 0.3) is 5.91 Å². The molecule has 2 fully saturated rings. The van der Waals surface area contributed by atoms with E-state index in [-0.39, 0.29) is 17.8 Å². The molecule has 126 valence electrons. The number of hydrogen-bond acceptors (Lipinski definition) is 5. The first-order chi connectivity index (χ1) is 11.1. The van der Waals surface area contributed by atoms with Crippen molar-refractivity contribution in [3.05, 3.63) is 12.2 Å². The van der Waals surface area contributed by atoms with Crippen molar-refractivity contribution in [1.29, 1.82) is 0 Å². The number of carbonyl (C=O) groups excluding carboxylic acids is 2. The number of aromatic nitrogens is 3. The van der Waals surface area contributed by atoms with Crippen LogP contribution in [0.3, 0.4) is 0 Å². The number of nitrogens with two attached hydrogens (primary N) is 1. The highest BCUT2D eigenvalue weighted by Gasteiger charge is 2.26. The molecular weight excluding hydrogens is 296 g/mol. The molecule has 0 aliphatic carbocycles. The number of carbonyl (C=O) groups is 2. The summed E-state index contributed by atoms with van der Waals surface area (Å²) in [5.74, 6) is -0.343. The second kappa shape index (κ2) is 7.08. The van der Waals surface area contributed by atoms with E-state index < -0.39 is 5.91 Å². The summed E-state index contributed by atoms with van der Waals surface area (Å²) in [5, 5.41) is 4.15. The Hall–Kier alpha value is -1.96. The minimum absolute atomic E-state index is 0.0477. The van der Waals surface area contributed by atoms with Crippen LogP contribution in [0.1, 0.15) is 48.8 Å². The lowest BCUT2D eigenvalue weighted by Gasteiger charge is -2.34. The number of rotatable bonds is 4. The molecule has 0 saturated carbocycles. The molecule has 1 atom stereocenters. The summed E-state index contributed by atoms with van der Waals surface area (Å²) in [6.45, 7) is 3.92. The third-order valence-electron chi connectivity index (χ3n) is 4.65. The predicted octanol–water partition coefficient (Wildman–Crippen LogP) is 0.0264. The van der Waals surface area contributed by atoms with Crippen LogP contribution in [0.2, 0.25) is 0 Å². The molecule has 3 rings (SSSR count). The van der Waals surface area contributed by atoms with E-state index in [9.17, 15) is 9.59 Å². The Morgan fingerprint density at radius 3 is 2.65 bits per heavy atom. The molecule has 2 aliphatic rings. The van der Waals surface area contributed by atoms with Gasteiger partial charge in [-0.3, -0.25) is 14.5 Å². The molecule has 23 heavy (non-hydrogen) atoms. The second-order valence-electron chi connectivity index (χ2n) is 6.39. The zero-order chi connectivity index (χ0) is 16.2. The van der Waals surface area contributed by atoms with E-state index in [0.717, 1.165) is 51.9 Å². The first-order valence-corrected chi connectivity index (χ1v) is 8.34. The fraction of sp³-hybridized carbons (Fsp3) is 0.733. The van der Waals surface area contributed by atoms with Crippen LogP contribution in [-0.4, -0.2) is 69.1 Å². The molecule has 0 aromatic carbocycles. The lowest BCUT2D eigenvalue weighted by molar-refractivity contribution is -0.133. The number of piperidine rings is 2. The second-order valence-corrected chi connectivity index (χ2v) is 6.39. The van der Waals surface area contributed by atoms with Gasteiger partial charge in [-0.25, -0.2) is 9.67 Å². The molecule has 3 heterocycles. The van der Waals surface area contributed by atoms with Gasteiger partial charge in [0.15, 0.2) is 0 Å². The van der Waals surface area contributed by atoms with Crippen LogP contribution in [0.5, 0.6) is 0 Å². The van der Waals surface area contributed by atoms with Crippen LogP contribution < -0.4 is 5.73 Å². The molecular formula is C15H24N6O2. The quantitative estimate of drug-likeness (QED) is 0.844. The smallest absolute Gasteiger partial charge is 0.288 e. The van der Waals surface area contributed by atoms with E-state index in [1.54, 1.807) is 11.0 Å². The number of nitrogens with zero attached hydrogens (tertiary/aromatic N) is 5. The van der Waals surface area contributed by atoms with Crippen LogP contribution in [0, 0.1) is 0 Å². The number of primary amides is 1. The van der Waals surface area contributed by atoms with Crippen LogP contribution in [0.15, 0.2) is 6.33 Å². The minimum Gasteiger partial charge on any atom is -0.363 e. The van der Waals surface area contributed by atoms with Crippen molar-refractivity contribution >= 4 is 11.8 Å². The van der Waals surface area contributed by atoms with Crippen molar-refractivity contribution in [2.24, 2.45) is 5.73 Å². The standard InChI is InChI=1S/C15H24N6O2/c16-14(23)15-17-11-21(18-15)12-5-4-6-19(9-12)10-13(22)20-7-2-1-3-8-20/h11-12H,1-10H2,(H2,16,23). The maximum Gasteiger partial charge on any atom is 0.288 e. The molecule has 1 aromatic rings.